The summed E-state index contributed by atoms with van der Waals surface area (Å²) in [5.41, 5.74) is 2.78. The van der Waals surface area contributed by atoms with Gasteiger partial charge in [0.05, 0.1) is 35.9 Å². The second-order valence-electron chi connectivity index (χ2n) is 8.16. The van der Waals surface area contributed by atoms with Gasteiger partial charge in [0.15, 0.2) is 0 Å². The predicted octanol–water partition coefficient (Wildman–Crippen LogP) is 4.24. The van der Waals surface area contributed by atoms with Crippen LogP contribution in [0.1, 0.15) is 47.8 Å². The summed E-state index contributed by atoms with van der Waals surface area (Å²) in [4.78, 5) is 37.1. The predicted molar refractivity (Wildman–Crippen MR) is 135 cm³/mol. The fourth-order valence-corrected chi connectivity index (χ4v) is 4.96. The molecule has 36 heavy (non-hydrogen) atoms. The quantitative estimate of drug-likeness (QED) is 0.455. The van der Waals surface area contributed by atoms with Gasteiger partial charge >= 0.3 is 11.9 Å². The second-order valence-corrected chi connectivity index (χ2v) is 9.81. The number of rotatable bonds is 7. The van der Waals surface area contributed by atoms with Crippen molar-refractivity contribution in [1.82, 2.24) is 0 Å². The Morgan fingerprint density at radius 3 is 1.97 bits per heavy atom. The monoisotopic (exact) mass is 510 g/mol. The van der Waals surface area contributed by atoms with Gasteiger partial charge in [0.1, 0.15) is 0 Å². The molecule has 2 N–H and O–H groups in total. The van der Waals surface area contributed by atoms with Crippen LogP contribution >= 0.6 is 0 Å². The van der Waals surface area contributed by atoms with Crippen molar-refractivity contribution in [2.75, 3.05) is 24.3 Å². The average molecular weight is 511 g/mol. The first-order valence-electron chi connectivity index (χ1n) is 10.8. The normalized spacial score (nSPS) is 10.9. The highest BCUT2D eigenvalue weighted by molar-refractivity contribution is 7.92. The number of carbonyl (C=O) groups excluding carboxylic acids is 3. The van der Waals surface area contributed by atoms with Crippen LogP contribution in [0.2, 0.25) is 0 Å². The molecule has 188 valence electrons. The summed E-state index contributed by atoms with van der Waals surface area (Å²) in [5.74, 6) is -2.08. The first-order valence-corrected chi connectivity index (χ1v) is 12.3. The van der Waals surface area contributed by atoms with E-state index >= 15 is 0 Å². The van der Waals surface area contributed by atoms with Gasteiger partial charge in [0, 0.05) is 11.3 Å². The number of aryl methyl sites for hydroxylation is 3. The first-order chi connectivity index (χ1) is 16.9. The van der Waals surface area contributed by atoms with Crippen molar-refractivity contribution in [2.45, 2.75) is 25.7 Å². The molecule has 0 aliphatic carbocycles. The number of carbonyl (C=O) groups is 3. The van der Waals surface area contributed by atoms with Crippen LogP contribution in [0.4, 0.5) is 11.4 Å². The van der Waals surface area contributed by atoms with Crippen LogP contribution in [0.25, 0.3) is 0 Å². The molecule has 0 aliphatic heterocycles. The molecule has 9 nitrogen and oxygen atoms in total. The minimum absolute atomic E-state index is 0.00749. The van der Waals surface area contributed by atoms with Gasteiger partial charge in [-0.3, -0.25) is 9.52 Å². The average Bonchev–Trinajstić information content (AvgIpc) is 2.82. The largest absolute Gasteiger partial charge is 0.465 e. The van der Waals surface area contributed by atoms with E-state index in [1.165, 1.54) is 50.6 Å². The third-order valence-corrected chi connectivity index (χ3v) is 6.83. The summed E-state index contributed by atoms with van der Waals surface area (Å²) in [6.45, 7) is 5.34. The number of ether oxygens (including phenoxy) is 2. The Balaban J connectivity index is 1.97. The molecule has 0 fully saturated rings. The summed E-state index contributed by atoms with van der Waals surface area (Å²) < 4.78 is 38.3. The van der Waals surface area contributed by atoms with Crippen LogP contribution in [0, 0.1) is 20.8 Å². The number of amides is 1. The van der Waals surface area contributed by atoms with E-state index in [4.69, 9.17) is 9.47 Å². The Hall–Kier alpha value is -4.18. The first kappa shape index (κ1) is 26.4. The highest BCUT2D eigenvalue weighted by Gasteiger charge is 2.22. The zero-order valence-electron chi connectivity index (χ0n) is 20.5. The van der Waals surface area contributed by atoms with Gasteiger partial charge in [0.2, 0.25) is 0 Å². The third-order valence-electron chi connectivity index (χ3n) is 5.31. The number of methoxy groups -OCH3 is 2. The summed E-state index contributed by atoms with van der Waals surface area (Å²) in [5, 5.41) is 2.56. The molecule has 1 amide bonds. The zero-order chi connectivity index (χ0) is 26.6. The molecule has 0 aliphatic rings. The molecule has 3 aromatic rings. The smallest absolute Gasteiger partial charge is 0.339 e. The van der Waals surface area contributed by atoms with E-state index in [0.717, 1.165) is 11.1 Å². The van der Waals surface area contributed by atoms with E-state index in [1.807, 2.05) is 19.9 Å². The minimum atomic E-state index is -4.02. The molecule has 3 aromatic carbocycles. The fraction of sp³-hybridized carbons (Fsp3) is 0.192. The lowest BCUT2D eigenvalue weighted by Gasteiger charge is -2.14. The van der Waals surface area contributed by atoms with E-state index in [1.54, 1.807) is 19.1 Å². The highest BCUT2D eigenvalue weighted by atomic mass is 32.2. The Morgan fingerprint density at radius 2 is 1.36 bits per heavy atom. The fourth-order valence-electron chi connectivity index (χ4n) is 3.65. The molecular formula is C26H26N2O7S. The molecule has 0 atom stereocenters. The SMILES string of the molecule is COC(=O)c1ccc(C(=O)OC)c(NC(=O)c2ccc(C)c(S(=O)(=O)Nc3cc(C)cc(C)c3)c2)c1. The molecule has 0 saturated heterocycles. The van der Waals surface area contributed by atoms with Crippen molar-refractivity contribution in [2.24, 2.45) is 0 Å². The van der Waals surface area contributed by atoms with Crippen molar-refractivity contribution in [3.8, 4) is 0 Å². The third kappa shape index (κ3) is 5.89. The standard InChI is InChI=1S/C26H26N2O7S/c1-15-10-16(2)12-20(11-15)28-36(32,33)23-14-18(7-6-17(23)3)24(29)27-22-13-19(25(30)34-4)8-9-21(22)26(31)35-5/h6-14,28H,1-5H3,(H,27,29). The minimum Gasteiger partial charge on any atom is -0.465 e. The molecule has 0 bridgehead atoms. The lowest BCUT2D eigenvalue weighted by Crippen LogP contribution is -2.19. The highest BCUT2D eigenvalue weighted by Crippen LogP contribution is 2.24. The van der Waals surface area contributed by atoms with Crippen molar-refractivity contribution >= 4 is 39.2 Å². The van der Waals surface area contributed by atoms with Crippen LogP contribution in [0.5, 0.6) is 0 Å². The van der Waals surface area contributed by atoms with Gasteiger partial charge in [-0.05, 0) is 79.9 Å². The number of hydrogen-bond donors (Lipinski definition) is 2. The van der Waals surface area contributed by atoms with Gasteiger partial charge in [0.25, 0.3) is 15.9 Å². The van der Waals surface area contributed by atoms with Gasteiger partial charge < -0.3 is 14.8 Å². The van der Waals surface area contributed by atoms with E-state index in [9.17, 15) is 22.8 Å². The molecule has 10 heteroatoms. The number of anilines is 2. The topological polar surface area (TPSA) is 128 Å². The van der Waals surface area contributed by atoms with Crippen LogP contribution in [0.3, 0.4) is 0 Å². The number of sulfonamides is 1. The van der Waals surface area contributed by atoms with E-state index in [-0.39, 0.29) is 27.3 Å². The Labute approximate surface area is 209 Å². The van der Waals surface area contributed by atoms with Gasteiger partial charge in [-0.1, -0.05) is 12.1 Å². The van der Waals surface area contributed by atoms with Gasteiger partial charge in [-0.25, -0.2) is 18.0 Å². The van der Waals surface area contributed by atoms with Gasteiger partial charge in [-0.2, -0.15) is 0 Å². The second kappa shape index (κ2) is 10.6. The molecule has 3 rings (SSSR count). The van der Waals surface area contributed by atoms with Crippen molar-refractivity contribution in [3.63, 3.8) is 0 Å². The maximum Gasteiger partial charge on any atom is 0.339 e. The summed E-state index contributed by atoms with van der Waals surface area (Å²) in [6, 6.07) is 13.5. The maximum atomic E-state index is 13.2. The van der Waals surface area contributed by atoms with E-state index in [0.29, 0.717) is 11.3 Å². The molecule has 0 aromatic heterocycles. The van der Waals surface area contributed by atoms with Gasteiger partial charge in [-0.15, -0.1) is 0 Å². The Kier molecular flexibility index (Phi) is 7.79. The van der Waals surface area contributed by atoms with Crippen LogP contribution in [0.15, 0.2) is 59.5 Å². The lowest BCUT2D eigenvalue weighted by molar-refractivity contribution is 0.0587. The molecular weight excluding hydrogens is 484 g/mol. The number of nitrogens with one attached hydrogen (secondary N) is 2. The van der Waals surface area contributed by atoms with Crippen molar-refractivity contribution < 1.29 is 32.3 Å². The number of esters is 2. The summed E-state index contributed by atoms with van der Waals surface area (Å²) in [6.07, 6.45) is 0. The number of benzene rings is 3. The molecule has 0 spiro atoms. The number of hydrogen-bond acceptors (Lipinski definition) is 7. The maximum absolute atomic E-state index is 13.2. The van der Waals surface area contributed by atoms with E-state index in [2.05, 4.69) is 10.0 Å². The Bertz CT molecular complexity index is 1440. The molecule has 0 unspecified atom stereocenters. The molecule has 0 heterocycles. The Morgan fingerprint density at radius 1 is 0.750 bits per heavy atom. The molecule has 0 saturated carbocycles. The summed E-state index contributed by atoms with van der Waals surface area (Å²) in [7, 11) is -1.63. The van der Waals surface area contributed by atoms with Crippen LogP contribution in [-0.4, -0.2) is 40.5 Å². The van der Waals surface area contributed by atoms with Crippen molar-refractivity contribution in [3.05, 3.63) is 88.0 Å². The van der Waals surface area contributed by atoms with E-state index < -0.39 is 27.9 Å². The zero-order valence-corrected chi connectivity index (χ0v) is 21.3. The van der Waals surface area contributed by atoms with Crippen molar-refractivity contribution in [1.29, 1.82) is 0 Å². The lowest BCUT2D eigenvalue weighted by atomic mass is 10.1. The molecule has 0 radical (unpaired) electrons. The van der Waals surface area contributed by atoms with Crippen LogP contribution in [-0.2, 0) is 19.5 Å². The summed E-state index contributed by atoms with van der Waals surface area (Å²) >= 11 is 0. The van der Waals surface area contributed by atoms with Crippen LogP contribution < -0.4 is 10.0 Å².